The molecule has 0 radical (unpaired) electrons. The zero-order valence-corrected chi connectivity index (χ0v) is 11.4. The maximum Gasteiger partial charge on any atom is 0.128 e. The maximum absolute atomic E-state index is 8.81. The van der Waals surface area contributed by atoms with Gasteiger partial charge in [0.25, 0.3) is 0 Å². The van der Waals surface area contributed by atoms with Crippen LogP contribution in [-0.2, 0) is 11.3 Å². The van der Waals surface area contributed by atoms with E-state index in [2.05, 4.69) is 20.9 Å². The third-order valence-electron chi connectivity index (χ3n) is 2.86. The van der Waals surface area contributed by atoms with E-state index in [9.17, 15) is 0 Å². The Balaban J connectivity index is 2.15. The van der Waals surface area contributed by atoms with E-state index in [0.717, 1.165) is 17.9 Å². The summed E-state index contributed by atoms with van der Waals surface area (Å²) in [6, 6.07) is 9.63. The van der Waals surface area contributed by atoms with Crippen molar-refractivity contribution in [2.24, 2.45) is 0 Å². The Labute approximate surface area is 118 Å². The van der Waals surface area contributed by atoms with Crippen LogP contribution in [0, 0.1) is 11.3 Å². The van der Waals surface area contributed by atoms with Crippen LogP contribution in [-0.4, -0.2) is 30.2 Å². The van der Waals surface area contributed by atoms with Crippen LogP contribution in [0.5, 0.6) is 0 Å². The Hall–Kier alpha value is -2.45. The lowest BCUT2D eigenvalue weighted by atomic mass is 10.2. The van der Waals surface area contributed by atoms with Crippen molar-refractivity contribution in [3.63, 3.8) is 0 Å². The molecule has 102 valence electrons. The van der Waals surface area contributed by atoms with Crippen molar-refractivity contribution in [2.45, 2.75) is 6.54 Å². The number of nitrogens with zero attached hydrogens (tertiary/aromatic N) is 4. The normalized spacial score (nSPS) is 10.0. The molecule has 0 aliphatic heterocycles. The second kappa shape index (κ2) is 7.22. The Morgan fingerprint density at radius 1 is 1.30 bits per heavy atom. The monoisotopic (exact) mass is 268 g/mol. The van der Waals surface area contributed by atoms with Gasteiger partial charge in [0.2, 0.25) is 0 Å². The van der Waals surface area contributed by atoms with Gasteiger partial charge in [-0.05, 0) is 23.8 Å². The predicted molar refractivity (Wildman–Crippen MR) is 76.1 cm³/mol. The first-order valence-corrected chi connectivity index (χ1v) is 6.32. The smallest absolute Gasteiger partial charge is 0.128 e. The fourth-order valence-corrected chi connectivity index (χ4v) is 1.83. The molecule has 2 heterocycles. The van der Waals surface area contributed by atoms with Gasteiger partial charge in [-0.3, -0.25) is 4.98 Å². The molecule has 0 saturated carbocycles. The van der Waals surface area contributed by atoms with Gasteiger partial charge in [-0.25, -0.2) is 4.98 Å². The lowest BCUT2D eigenvalue weighted by molar-refractivity contribution is 0.205. The number of rotatable bonds is 6. The number of pyridine rings is 2. The summed E-state index contributed by atoms with van der Waals surface area (Å²) >= 11 is 0. The molecule has 2 rings (SSSR count). The second-order valence-electron chi connectivity index (χ2n) is 4.29. The van der Waals surface area contributed by atoms with Crippen molar-refractivity contribution in [1.29, 1.82) is 5.26 Å². The average molecular weight is 268 g/mol. The molecule has 0 unspecified atom stereocenters. The Kier molecular flexibility index (Phi) is 5.04. The van der Waals surface area contributed by atoms with Gasteiger partial charge in [0, 0.05) is 38.8 Å². The molecule has 2 aromatic heterocycles. The van der Waals surface area contributed by atoms with E-state index < -0.39 is 0 Å². The number of aromatic nitrogens is 2. The summed E-state index contributed by atoms with van der Waals surface area (Å²) in [6.45, 7) is 2.04. The van der Waals surface area contributed by atoms with Gasteiger partial charge in [0.05, 0.1) is 12.2 Å². The van der Waals surface area contributed by atoms with Gasteiger partial charge in [-0.15, -0.1) is 0 Å². The highest BCUT2D eigenvalue weighted by Gasteiger charge is 2.09. The largest absolute Gasteiger partial charge is 0.383 e. The average Bonchev–Trinajstić information content (AvgIpc) is 2.52. The van der Waals surface area contributed by atoms with Crippen molar-refractivity contribution >= 4 is 5.82 Å². The highest BCUT2D eigenvalue weighted by molar-refractivity contribution is 5.42. The third-order valence-corrected chi connectivity index (χ3v) is 2.86. The van der Waals surface area contributed by atoms with Crippen molar-refractivity contribution in [3.8, 4) is 6.07 Å². The highest BCUT2D eigenvalue weighted by Crippen LogP contribution is 2.14. The lowest BCUT2D eigenvalue weighted by Gasteiger charge is -2.23. The molecule has 0 bridgehead atoms. The first kappa shape index (κ1) is 14.0. The summed E-state index contributed by atoms with van der Waals surface area (Å²) in [4.78, 5) is 10.5. The molecule has 0 N–H and O–H groups in total. The highest BCUT2D eigenvalue weighted by atomic mass is 16.5. The molecule has 5 nitrogen and oxygen atoms in total. The summed E-state index contributed by atoms with van der Waals surface area (Å²) in [5.41, 5.74) is 1.66. The number of hydrogen-bond donors (Lipinski definition) is 0. The Morgan fingerprint density at radius 3 is 2.80 bits per heavy atom. The van der Waals surface area contributed by atoms with E-state index in [4.69, 9.17) is 10.00 Å². The standard InChI is InChI=1S/C15H16N4O/c1-20-8-7-19(12-14-3-2-6-17-10-14)15-5-4-13(9-16)11-18-15/h2-6,10-11H,7-8,12H2,1H3. The van der Waals surface area contributed by atoms with Crippen LogP contribution in [0.25, 0.3) is 0 Å². The van der Waals surface area contributed by atoms with E-state index >= 15 is 0 Å². The molecule has 0 aromatic carbocycles. The Morgan fingerprint density at radius 2 is 2.20 bits per heavy atom. The molecule has 2 aromatic rings. The van der Waals surface area contributed by atoms with Crippen LogP contribution in [0.15, 0.2) is 42.9 Å². The molecule has 20 heavy (non-hydrogen) atoms. The third kappa shape index (κ3) is 3.77. The maximum atomic E-state index is 8.81. The summed E-state index contributed by atoms with van der Waals surface area (Å²) in [5, 5.41) is 8.81. The van der Waals surface area contributed by atoms with Crippen LogP contribution in [0.2, 0.25) is 0 Å². The van der Waals surface area contributed by atoms with Gasteiger partial charge in [-0.2, -0.15) is 5.26 Å². The molecule has 0 saturated heterocycles. The van der Waals surface area contributed by atoms with Crippen LogP contribution >= 0.6 is 0 Å². The minimum atomic E-state index is 0.557. The fraction of sp³-hybridized carbons (Fsp3) is 0.267. The molecular formula is C15H16N4O. The molecule has 0 aliphatic carbocycles. The molecule has 0 spiro atoms. The van der Waals surface area contributed by atoms with Gasteiger partial charge >= 0.3 is 0 Å². The van der Waals surface area contributed by atoms with Crippen molar-refractivity contribution < 1.29 is 4.74 Å². The zero-order valence-electron chi connectivity index (χ0n) is 11.4. The molecule has 0 atom stereocenters. The number of hydrogen-bond acceptors (Lipinski definition) is 5. The summed E-state index contributed by atoms with van der Waals surface area (Å²) in [5.74, 6) is 0.824. The van der Waals surface area contributed by atoms with Crippen molar-refractivity contribution in [1.82, 2.24) is 9.97 Å². The topological polar surface area (TPSA) is 62.0 Å². The SMILES string of the molecule is COCCN(Cc1cccnc1)c1ccc(C#N)cn1. The summed E-state index contributed by atoms with van der Waals surface area (Å²) in [7, 11) is 1.68. The minimum Gasteiger partial charge on any atom is -0.383 e. The first-order chi connectivity index (χ1) is 9.83. The van der Waals surface area contributed by atoms with E-state index in [-0.39, 0.29) is 0 Å². The molecule has 0 fully saturated rings. The second-order valence-corrected chi connectivity index (χ2v) is 4.29. The lowest BCUT2D eigenvalue weighted by Crippen LogP contribution is -2.27. The van der Waals surface area contributed by atoms with Crippen LogP contribution in [0.3, 0.4) is 0 Å². The van der Waals surface area contributed by atoms with E-state index in [1.807, 2.05) is 24.4 Å². The summed E-state index contributed by atoms with van der Waals surface area (Å²) < 4.78 is 5.14. The van der Waals surface area contributed by atoms with E-state index in [0.29, 0.717) is 18.7 Å². The first-order valence-electron chi connectivity index (χ1n) is 6.32. The van der Waals surface area contributed by atoms with E-state index in [1.165, 1.54) is 0 Å². The van der Waals surface area contributed by atoms with Gasteiger partial charge < -0.3 is 9.64 Å². The molecule has 5 heteroatoms. The van der Waals surface area contributed by atoms with Crippen LogP contribution < -0.4 is 4.90 Å². The van der Waals surface area contributed by atoms with Gasteiger partial charge in [0.1, 0.15) is 11.9 Å². The summed E-state index contributed by atoms with van der Waals surface area (Å²) in [6.07, 6.45) is 5.17. The van der Waals surface area contributed by atoms with Crippen molar-refractivity contribution in [2.75, 3.05) is 25.2 Å². The van der Waals surface area contributed by atoms with Crippen LogP contribution in [0.4, 0.5) is 5.82 Å². The number of nitriles is 1. The zero-order chi connectivity index (χ0) is 14.2. The van der Waals surface area contributed by atoms with Gasteiger partial charge in [-0.1, -0.05) is 6.07 Å². The van der Waals surface area contributed by atoms with Gasteiger partial charge in [0.15, 0.2) is 0 Å². The van der Waals surface area contributed by atoms with E-state index in [1.54, 1.807) is 25.6 Å². The molecule has 0 aliphatic rings. The quantitative estimate of drug-likeness (QED) is 0.802. The fourth-order valence-electron chi connectivity index (χ4n) is 1.83. The number of methoxy groups -OCH3 is 1. The number of anilines is 1. The van der Waals surface area contributed by atoms with Crippen molar-refractivity contribution in [3.05, 3.63) is 54.0 Å². The van der Waals surface area contributed by atoms with Crippen LogP contribution in [0.1, 0.15) is 11.1 Å². The number of ether oxygens (including phenoxy) is 1. The molecule has 0 amide bonds. The molecular weight excluding hydrogens is 252 g/mol. The minimum absolute atomic E-state index is 0.557. The predicted octanol–water partition coefficient (Wildman–Crippen LogP) is 2.00. The Bertz CT molecular complexity index is 563.